The van der Waals surface area contributed by atoms with Gasteiger partial charge in [0.1, 0.15) is 11.8 Å². The highest BCUT2D eigenvalue weighted by Gasteiger charge is 2.28. The largest absolute Gasteiger partial charge is 0.494 e. The summed E-state index contributed by atoms with van der Waals surface area (Å²) in [5.41, 5.74) is 13.6. The van der Waals surface area contributed by atoms with Crippen LogP contribution in [0.5, 0.6) is 5.75 Å². The Hall–Kier alpha value is -3.59. The first-order chi connectivity index (χ1) is 16.9. The first-order valence-electron chi connectivity index (χ1n) is 12.1. The van der Waals surface area contributed by atoms with Crippen LogP contribution in [-0.2, 0) is 22.4 Å². The van der Waals surface area contributed by atoms with Gasteiger partial charge in [0.25, 0.3) is 0 Å². The third-order valence-electron chi connectivity index (χ3n) is 6.12. The van der Waals surface area contributed by atoms with Crippen molar-refractivity contribution in [3.05, 3.63) is 65.7 Å². The number of nitrogens with one attached hydrogen (secondary N) is 3. The lowest BCUT2D eigenvalue weighted by atomic mass is 10.0. The lowest BCUT2D eigenvalue weighted by Crippen LogP contribution is -2.56. The number of benzene rings is 2. The molecule has 2 amide bonds. The summed E-state index contributed by atoms with van der Waals surface area (Å²) in [5.74, 6) is 0.201. The van der Waals surface area contributed by atoms with E-state index in [1.54, 1.807) is 4.90 Å². The average molecular weight is 481 g/mol. The molecule has 7 N–H and O–H groups in total. The molecule has 0 saturated carbocycles. The first kappa shape index (κ1) is 26.0. The Morgan fingerprint density at radius 2 is 1.66 bits per heavy atom. The van der Waals surface area contributed by atoms with Crippen LogP contribution >= 0.6 is 0 Å². The second-order valence-corrected chi connectivity index (χ2v) is 8.79. The van der Waals surface area contributed by atoms with E-state index in [0.29, 0.717) is 45.4 Å². The second-order valence-electron chi connectivity index (χ2n) is 8.79. The van der Waals surface area contributed by atoms with Crippen LogP contribution in [0.1, 0.15) is 30.9 Å². The third-order valence-corrected chi connectivity index (χ3v) is 6.12. The summed E-state index contributed by atoms with van der Waals surface area (Å²) in [6, 6.07) is 15.5. The lowest BCUT2D eigenvalue weighted by molar-refractivity contribution is -0.130. The normalized spacial score (nSPS) is 15.7. The van der Waals surface area contributed by atoms with Gasteiger partial charge in [0.2, 0.25) is 11.8 Å². The Morgan fingerprint density at radius 1 is 1.03 bits per heavy atom. The van der Waals surface area contributed by atoms with Gasteiger partial charge in [-0.3, -0.25) is 15.0 Å². The number of carbonyl (C=O) groups is 2. The van der Waals surface area contributed by atoms with E-state index in [1.807, 2.05) is 61.5 Å². The molecule has 0 unspecified atom stereocenters. The maximum atomic E-state index is 13.2. The van der Waals surface area contributed by atoms with E-state index in [-0.39, 0.29) is 23.8 Å². The summed E-state index contributed by atoms with van der Waals surface area (Å²) in [7, 11) is 0. The van der Waals surface area contributed by atoms with Gasteiger partial charge in [-0.25, -0.2) is 0 Å². The van der Waals surface area contributed by atoms with E-state index in [0.717, 1.165) is 16.9 Å². The summed E-state index contributed by atoms with van der Waals surface area (Å²) in [5, 5.41) is 13.5. The molecule has 188 valence electrons. The monoisotopic (exact) mass is 480 g/mol. The topological polar surface area (TPSA) is 147 Å². The second kappa shape index (κ2) is 12.8. The van der Waals surface area contributed by atoms with E-state index >= 15 is 0 Å². The predicted molar refractivity (Wildman–Crippen MR) is 136 cm³/mol. The van der Waals surface area contributed by atoms with Crippen LogP contribution in [0.4, 0.5) is 0 Å². The zero-order valence-corrected chi connectivity index (χ0v) is 20.2. The quantitative estimate of drug-likeness (QED) is 0.255. The maximum Gasteiger partial charge on any atom is 0.243 e. The molecule has 9 nitrogen and oxygen atoms in total. The summed E-state index contributed by atoms with van der Waals surface area (Å²) >= 11 is 0. The van der Waals surface area contributed by atoms with Gasteiger partial charge in [0, 0.05) is 25.6 Å². The Kier molecular flexibility index (Phi) is 9.48. The van der Waals surface area contributed by atoms with Crippen LogP contribution in [-0.4, -0.2) is 60.5 Å². The van der Waals surface area contributed by atoms with Crippen molar-refractivity contribution in [3.63, 3.8) is 0 Å². The summed E-state index contributed by atoms with van der Waals surface area (Å²) in [4.78, 5) is 27.9. The Bertz CT molecular complexity index is 974. The van der Waals surface area contributed by atoms with Gasteiger partial charge < -0.3 is 31.7 Å². The number of carbonyl (C=O) groups excluding carboxylic acids is 2. The molecule has 1 aliphatic rings. The number of guanidine groups is 1. The summed E-state index contributed by atoms with van der Waals surface area (Å²) in [6.07, 6.45) is 2.09. The van der Waals surface area contributed by atoms with Gasteiger partial charge in [-0.05, 0) is 49.4 Å². The summed E-state index contributed by atoms with van der Waals surface area (Å²) in [6.45, 7) is 3.74. The smallest absolute Gasteiger partial charge is 0.243 e. The van der Waals surface area contributed by atoms with Crippen LogP contribution in [0.25, 0.3) is 0 Å². The molecule has 0 spiro atoms. The zero-order chi connectivity index (χ0) is 25.2. The number of hydrogen-bond donors (Lipinski definition) is 5. The molecule has 2 aromatic carbocycles. The number of nitrogens with two attached hydrogens (primary N) is 2. The van der Waals surface area contributed by atoms with Crippen LogP contribution in [0, 0.1) is 5.41 Å². The molecule has 0 aliphatic carbocycles. The van der Waals surface area contributed by atoms with E-state index in [1.165, 1.54) is 0 Å². The fraction of sp³-hybridized carbons (Fsp3) is 0.423. The van der Waals surface area contributed by atoms with Gasteiger partial charge in [0.05, 0.1) is 12.6 Å². The van der Waals surface area contributed by atoms with Crippen molar-refractivity contribution in [2.75, 3.05) is 19.7 Å². The van der Waals surface area contributed by atoms with Crippen molar-refractivity contribution in [1.82, 2.24) is 15.5 Å². The molecular formula is C26H36N6O3. The molecule has 35 heavy (non-hydrogen) atoms. The van der Waals surface area contributed by atoms with Crippen molar-refractivity contribution >= 4 is 17.8 Å². The number of hydrogen-bond acceptors (Lipinski definition) is 5. The molecule has 2 atom stereocenters. The number of nitrogens with zero attached hydrogens (tertiary/aromatic N) is 1. The summed E-state index contributed by atoms with van der Waals surface area (Å²) < 4.78 is 5.45. The number of ether oxygens (including phenoxy) is 1. The molecule has 1 aliphatic heterocycles. The molecule has 1 heterocycles. The number of piperidine rings is 1. The van der Waals surface area contributed by atoms with Crippen LogP contribution in [0.2, 0.25) is 0 Å². The molecule has 2 aromatic rings. The minimum Gasteiger partial charge on any atom is -0.494 e. The maximum absolute atomic E-state index is 13.2. The van der Waals surface area contributed by atoms with Gasteiger partial charge in [-0.15, -0.1) is 0 Å². The fourth-order valence-corrected chi connectivity index (χ4v) is 4.14. The third kappa shape index (κ3) is 7.99. The SMILES string of the molecule is CCOc1ccc(C[C@@H](N)C(=O)N[C@@H](Cc2ccccc2)C(=O)NC2CCN(C(=N)N)CC2)cc1. The number of amides is 2. The molecule has 0 radical (unpaired) electrons. The molecular weight excluding hydrogens is 444 g/mol. The van der Waals surface area contributed by atoms with Gasteiger partial charge >= 0.3 is 0 Å². The van der Waals surface area contributed by atoms with E-state index in [2.05, 4.69) is 10.6 Å². The van der Waals surface area contributed by atoms with E-state index in [9.17, 15) is 9.59 Å². The highest BCUT2D eigenvalue weighted by Crippen LogP contribution is 2.14. The predicted octanol–water partition coefficient (Wildman–Crippen LogP) is 1.16. The van der Waals surface area contributed by atoms with Crippen molar-refractivity contribution in [3.8, 4) is 5.75 Å². The first-order valence-corrected chi connectivity index (χ1v) is 12.1. The van der Waals surface area contributed by atoms with E-state index in [4.69, 9.17) is 21.6 Å². The van der Waals surface area contributed by atoms with Crippen molar-refractivity contribution in [2.24, 2.45) is 11.5 Å². The van der Waals surface area contributed by atoms with Crippen LogP contribution in [0.3, 0.4) is 0 Å². The Labute approximate surface area is 206 Å². The van der Waals surface area contributed by atoms with Crippen molar-refractivity contribution in [1.29, 1.82) is 5.41 Å². The molecule has 1 fully saturated rings. The number of rotatable bonds is 10. The molecule has 1 saturated heterocycles. The van der Waals surface area contributed by atoms with Gasteiger partial charge in [-0.1, -0.05) is 42.5 Å². The van der Waals surface area contributed by atoms with E-state index < -0.39 is 12.1 Å². The molecule has 0 aromatic heterocycles. The minimum absolute atomic E-state index is 0.0363. The highest BCUT2D eigenvalue weighted by atomic mass is 16.5. The lowest BCUT2D eigenvalue weighted by Gasteiger charge is -2.33. The van der Waals surface area contributed by atoms with Gasteiger partial charge in [0.15, 0.2) is 5.96 Å². The molecule has 9 heteroatoms. The Morgan fingerprint density at radius 3 is 2.26 bits per heavy atom. The molecule has 3 rings (SSSR count). The zero-order valence-electron chi connectivity index (χ0n) is 20.2. The fourth-order valence-electron chi connectivity index (χ4n) is 4.14. The van der Waals surface area contributed by atoms with Gasteiger partial charge in [-0.2, -0.15) is 0 Å². The highest BCUT2D eigenvalue weighted by molar-refractivity contribution is 5.90. The average Bonchev–Trinajstić information content (AvgIpc) is 2.86. The van der Waals surface area contributed by atoms with Crippen LogP contribution in [0.15, 0.2) is 54.6 Å². The van der Waals surface area contributed by atoms with Crippen molar-refractivity contribution in [2.45, 2.75) is 50.7 Å². The van der Waals surface area contributed by atoms with Crippen molar-refractivity contribution < 1.29 is 14.3 Å². The Balaban J connectivity index is 1.61. The van der Waals surface area contributed by atoms with Crippen LogP contribution < -0.4 is 26.8 Å². The number of likely N-dealkylation sites (tertiary alicyclic amines) is 1. The standard InChI is InChI=1S/C26H36N6O3/c1-2-35-21-10-8-19(9-11-21)16-22(27)24(33)31-23(17-18-6-4-3-5-7-18)25(34)30-20-12-14-32(15-13-20)26(28)29/h3-11,20,22-23H,2,12-17,27H2,1H3,(H3,28,29)(H,30,34)(H,31,33)/t22-,23+/m1/s1. The molecule has 0 bridgehead atoms. The minimum atomic E-state index is -0.794.